The third-order valence-electron chi connectivity index (χ3n) is 4.60. The molecule has 1 atom stereocenters. The fourth-order valence-corrected chi connectivity index (χ4v) is 5.01. The Bertz CT molecular complexity index is 909. The van der Waals surface area contributed by atoms with Crippen LogP contribution in [0.5, 0.6) is 0 Å². The van der Waals surface area contributed by atoms with Crippen molar-refractivity contribution < 1.29 is 13.2 Å². The topological polar surface area (TPSA) is 70.6 Å². The molecule has 7 heteroatoms. The van der Waals surface area contributed by atoms with Gasteiger partial charge in [-0.2, -0.15) is 4.31 Å². The molecule has 1 aromatic carbocycles. The van der Waals surface area contributed by atoms with Crippen molar-refractivity contribution in [3.05, 3.63) is 36.0 Å². The number of pyridine rings is 1. The molecule has 134 valence electrons. The monoisotopic (exact) mass is 361 g/mol. The van der Waals surface area contributed by atoms with E-state index < -0.39 is 10.0 Å². The van der Waals surface area contributed by atoms with E-state index in [0.717, 1.165) is 17.4 Å². The van der Waals surface area contributed by atoms with Crippen LogP contribution in [0.25, 0.3) is 10.9 Å². The van der Waals surface area contributed by atoms with Crippen LogP contribution in [0.2, 0.25) is 0 Å². The SMILES string of the molecule is Cc1cnc2c(S(=O)(=O)N3CCC[C@H](C(=O)N(C)C)C3)cccc2c1. The van der Waals surface area contributed by atoms with Gasteiger partial charge in [-0.05, 0) is 37.5 Å². The van der Waals surface area contributed by atoms with Gasteiger partial charge in [-0.15, -0.1) is 0 Å². The summed E-state index contributed by atoms with van der Waals surface area (Å²) < 4.78 is 27.8. The summed E-state index contributed by atoms with van der Waals surface area (Å²) in [5.41, 5.74) is 1.46. The molecule has 0 bridgehead atoms. The van der Waals surface area contributed by atoms with Crippen molar-refractivity contribution in [3.8, 4) is 0 Å². The number of piperidine rings is 1. The van der Waals surface area contributed by atoms with E-state index in [9.17, 15) is 13.2 Å². The average Bonchev–Trinajstić information content (AvgIpc) is 2.60. The Morgan fingerprint density at radius 3 is 2.80 bits per heavy atom. The zero-order valence-corrected chi connectivity index (χ0v) is 15.6. The van der Waals surface area contributed by atoms with E-state index in [1.165, 1.54) is 9.21 Å². The van der Waals surface area contributed by atoms with E-state index in [1.54, 1.807) is 32.4 Å². The maximum Gasteiger partial charge on any atom is 0.245 e. The van der Waals surface area contributed by atoms with Gasteiger partial charge in [0.15, 0.2) is 0 Å². The number of aryl methyl sites for hydroxylation is 1. The number of hydrogen-bond donors (Lipinski definition) is 0. The fourth-order valence-electron chi connectivity index (χ4n) is 3.32. The molecule has 0 spiro atoms. The Balaban J connectivity index is 1.98. The molecular weight excluding hydrogens is 338 g/mol. The van der Waals surface area contributed by atoms with Crippen LogP contribution in [0.3, 0.4) is 0 Å². The molecule has 6 nitrogen and oxygen atoms in total. The van der Waals surface area contributed by atoms with Gasteiger partial charge in [0.2, 0.25) is 15.9 Å². The molecule has 0 aliphatic carbocycles. The zero-order valence-electron chi connectivity index (χ0n) is 14.8. The van der Waals surface area contributed by atoms with Crippen molar-refractivity contribution in [3.63, 3.8) is 0 Å². The maximum atomic E-state index is 13.2. The number of carbonyl (C=O) groups is 1. The highest BCUT2D eigenvalue weighted by Gasteiger charge is 2.34. The summed E-state index contributed by atoms with van der Waals surface area (Å²) in [5, 5.41) is 0.805. The van der Waals surface area contributed by atoms with Gasteiger partial charge >= 0.3 is 0 Å². The molecule has 1 aliphatic heterocycles. The number of fused-ring (bicyclic) bond motifs is 1. The number of benzene rings is 1. The predicted molar refractivity (Wildman–Crippen MR) is 96.7 cm³/mol. The number of para-hydroxylation sites is 1. The minimum absolute atomic E-state index is 0.0217. The van der Waals surface area contributed by atoms with Gasteiger partial charge in [0, 0.05) is 38.8 Å². The molecule has 0 unspecified atom stereocenters. The highest BCUT2D eigenvalue weighted by atomic mass is 32.2. The van der Waals surface area contributed by atoms with E-state index in [2.05, 4.69) is 4.98 Å². The molecule has 1 aliphatic rings. The summed E-state index contributed by atoms with van der Waals surface area (Å²) in [6.45, 7) is 2.58. The first-order valence-electron chi connectivity index (χ1n) is 8.37. The number of nitrogens with zero attached hydrogens (tertiary/aromatic N) is 3. The second-order valence-electron chi connectivity index (χ2n) is 6.78. The summed E-state index contributed by atoms with van der Waals surface area (Å²) in [5.74, 6) is -0.310. The van der Waals surface area contributed by atoms with Crippen molar-refractivity contribution in [1.82, 2.24) is 14.2 Å². The van der Waals surface area contributed by atoms with E-state index in [-0.39, 0.29) is 23.3 Å². The summed E-state index contributed by atoms with van der Waals surface area (Å²) in [6.07, 6.45) is 3.08. The van der Waals surface area contributed by atoms with Crippen molar-refractivity contribution in [2.24, 2.45) is 5.92 Å². The lowest BCUT2D eigenvalue weighted by Crippen LogP contribution is -2.45. The van der Waals surface area contributed by atoms with Crippen molar-refractivity contribution >= 4 is 26.8 Å². The first-order chi connectivity index (χ1) is 11.8. The largest absolute Gasteiger partial charge is 0.349 e. The van der Waals surface area contributed by atoms with Crippen LogP contribution in [0.1, 0.15) is 18.4 Å². The van der Waals surface area contributed by atoms with Crippen LogP contribution >= 0.6 is 0 Å². The molecule has 25 heavy (non-hydrogen) atoms. The van der Waals surface area contributed by atoms with Gasteiger partial charge in [0.1, 0.15) is 4.90 Å². The molecule has 2 heterocycles. The highest BCUT2D eigenvalue weighted by molar-refractivity contribution is 7.89. The Kier molecular flexibility index (Phi) is 4.79. The van der Waals surface area contributed by atoms with Crippen LogP contribution in [-0.2, 0) is 14.8 Å². The van der Waals surface area contributed by atoms with Gasteiger partial charge in [0.25, 0.3) is 0 Å². The third kappa shape index (κ3) is 3.39. The molecule has 1 amide bonds. The summed E-state index contributed by atoms with van der Waals surface area (Å²) in [6, 6.07) is 7.12. The van der Waals surface area contributed by atoms with Crippen molar-refractivity contribution in [1.29, 1.82) is 0 Å². The third-order valence-corrected chi connectivity index (χ3v) is 6.50. The molecule has 0 saturated carbocycles. The Morgan fingerprint density at radius 2 is 2.08 bits per heavy atom. The van der Waals surface area contributed by atoms with Crippen molar-refractivity contribution in [2.45, 2.75) is 24.7 Å². The Hall–Kier alpha value is -1.99. The van der Waals surface area contributed by atoms with Gasteiger partial charge in [-0.1, -0.05) is 12.1 Å². The predicted octanol–water partition coefficient (Wildman–Crippen LogP) is 2.03. The molecule has 1 fully saturated rings. The van der Waals surface area contributed by atoms with Crippen LogP contribution < -0.4 is 0 Å². The lowest BCUT2D eigenvalue weighted by Gasteiger charge is -2.32. The second-order valence-corrected chi connectivity index (χ2v) is 8.68. The summed E-state index contributed by atoms with van der Waals surface area (Å²) in [4.78, 5) is 18.3. The standard InChI is InChI=1S/C18H23N3O3S/c1-13-10-14-6-4-8-16(17(14)19-11-13)25(23,24)21-9-5-7-15(12-21)18(22)20(2)3/h4,6,8,10-11,15H,5,7,9,12H2,1-3H3/t15-/m0/s1. The fraction of sp³-hybridized carbons (Fsp3) is 0.444. The quantitative estimate of drug-likeness (QED) is 0.839. The molecule has 1 aromatic heterocycles. The van der Waals surface area contributed by atoms with E-state index in [4.69, 9.17) is 0 Å². The molecule has 2 aromatic rings. The van der Waals surface area contributed by atoms with Crippen LogP contribution in [0.15, 0.2) is 35.4 Å². The van der Waals surface area contributed by atoms with Gasteiger partial charge < -0.3 is 4.90 Å². The molecule has 0 N–H and O–H groups in total. The molecular formula is C18H23N3O3S. The van der Waals surface area contributed by atoms with E-state index in [0.29, 0.717) is 18.5 Å². The smallest absolute Gasteiger partial charge is 0.245 e. The lowest BCUT2D eigenvalue weighted by molar-refractivity contribution is -0.134. The van der Waals surface area contributed by atoms with Crippen LogP contribution in [0, 0.1) is 12.8 Å². The number of amides is 1. The van der Waals surface area contributed by atoms with E-state index in [1.807, 2.05) is 19.1 Å². The normalized spacial score (nSPS) is 19.1. The second kappa shape index (κ2) is 6.72. The number of aromatic nitrogens is 1. The van der Waals surface area contributed by atoms with Gasteiger partial charge in [-0.3, -0.25) is 9.78 Å². The van der Waals surface area contributed by atoms with Crippen LogP contribution in [0.4, 0.5) is 0 Å². The summed E-state index contributed by atoms with van der Waals surface area (Å²) in [7, 11) is -0.291. The highest BCUT2D eigenvalue weighted by Crippen LogP contribution is 2.28. The lowest BCUT2D eigenvalue weighted by atomic mass is 9.98. The van der Waals surface area contributed by atoms with E-state index >= 15 is 0 Å². The number of carbonyl (C=O) groups excluding carboxylic acids is 1. The minimum Gasteiger partial charge on any atom is -0.349 e. The molecule has 1 saturated heterocycles. The number of rotatable bonds is 3. The van der Waals surface area contributed by atoms with Crippen LogP contribution in [-0.4, -0.2) is 55.7 Å². The molecule has 3 rings (SSSR count). The minimum atomic E-state index is -3.69. The number of sulfonamides is 1. The molecule has 0 radical (unpaired) electrons. The first-order valence-corrected chi connectivity index (χ1v) is 9.81. The first kappa shape index (κ1) is 17.8. The van der Waals surface area contributed by atoms with Gasteiger partial charge in [0.05, 0.1) is 11.4 Å². The van der Waals surface area contributed by atoms with Gasteiger partial charge in [-0.25, -0.2) is 8.42 Å². The zero-order chi connectivity index (χ0) is 18.2. The van der Waals surface area contributed by atoms with Crippen molar-refractivity contribution in [2.75, 3.05) is 27.2 Å². The Labute approximate surface area is 148 Å². The maximum absolute atomic E-state index is 13.2. The Morgan fingerprint density at radius 1 is 1.32 bits per heavy atom. The average molecular weight is 361 g/mol. The number of hydrogen-bond acceptors (Lipinski definition) is 4. The summed E-state index contributed by atoms with van der Waals surface area (Å²) >= 11 is 0.